The quantitative estimate of drug-likeness (QED) is 0.849. The van der Waals surface area contributed by atoms with Gasteiger partial charge in [-0.2, -0.15) is 0 Å². The van der Waals surface area contributed by atoms with Crippen molar-refractivity contribution in [3.63, 3.8) is 0 Å². The SMILES string of the molecule is O=C(Nc1ccc2c(c1)OCCO2)N1CCCCCC1c1cccs1. The van der Waals surface area contributed by atoms with E-state index in [0.717, 1.165) is 37.2 Å². The number of ether oxygens (including phenoxy) is 2. The van der Waals surface area contributed by atoms with E-state index >= 15 is 0 Å². The van der Waals surface area contributed by atoms with Gasteiger partial charge in [0, 0.05) is 23.2 Å². The third-order valence-electron chi connectivity index (χ3n) is 4.68. The summed E-state index contributed by atoms with van der Waals surface area (Å²) in [5.74, 6) is 1.42. The number of hydrogen-bond donors (Lipinski definition) is 1. The van der Waals surface area contributed by atoms with Gasteiger partial charge in [-0.3, -0.25) is 0 Å². The zero-order valence-corrected chi connectivity index (χ0v) is 14.9. The number of thiophene rings is 1. The Labute approximate surface area is 151 Å². The maximum absolute atomic E-state index is 12.9. The molecule has 2 aliphatic heterocycles. The van der Waals surface area contributed by atoms with Crippen LogP contribution < -0.4 is 14.8 Å². The highest BCUT2D eigenvalue weighted by Gasteiger charge is 2.27. The van der Waals surface area contributed by atoms with Gasteiger partial charge in [-0.05, 0) is 36.4 Å². The van der Waals surface area contributed by atoms with Crippen molar-refractivity contribution in [3.8, 4) is 11.5 Å². The lowest BCUT2D eigenvalue weighted by molar-refractivity contribution is 0.171. The molecule has 132 valence electrons. The molecule has 0 spiro atoms. The van der Waals surface area contributed by atoms with Gasteiger partial charge in [-0.1, -0.05) is 18.9 Å². The van der Waals surface area contributed by atoms with E-state index < -0.39 is 0 Å². The number of urea groups is 1. The second kappa shape index (κ2) is 7.35. The van der Waals surface area contributed by atoms with Gasteiger partial charge in [0.15, 0.2) is 11.5 Å². The maximum Gasteiger partial charge on any atom is 0.322 e. The number of nitrogens with zero attached hydrogens (tertiary/aromatic N) is 1. The number of benzene rings is 1. The Balaban J connectivity index is 1.52. The summed E-state index contributed by atoms with van der Waals surface area (Å²) in [5, 5.41) is 5.12. The molecular weight excluding hydrogens is 336 g/mol. The van der Waals surface area contributed by atoms with Crippen molar-refractivity contribution in [1.82, 2.24) is 4.90 Å². The van der Waals surface area contributed by atoms with Crippen LogP contribution in [0, 0.1) is 0 Å². The zero-order valence-electron chi connectivity index (χ0n) is 14.1. The van der Waals surface area contributed by atoms with Gasteiger partial charge < -0.3 is 19.7 Å². The molecule has 1 atom stereocenters. The average Bonchev–Trinajstić information content (AvgIpc) is 3.06. The Morgan fingerprint density at radius 1 is 1.12 bits per heavy atom. The van der Waals surface area contributed by atoms with Crippen LogP contribution in [0.3, 0.4) is 0 Å². The molecule has 0 aliphatic carbocycles. The second-order valence-corrected chi connectivity index (χ2v) is 7.34. The molecule has 0 radical (unpaired) electrons. The van der Waals surface area contributed by atoms with E-state index in [0.29, 0.717) is 19.0 Å². The molecule has 3 heterocycles. The Hall–Kier alpha value is -2.21. The lowest BCUT2D eigenvalue weighted by Gasteiger charge is -2.29. The van der Waals surface area contributed by atoms with Gasteiger partial charge in [0.25, 0.3) is 0 Å². The molecule has 2 aliphatic rings. The summed E-state index contributed by atoms with van der Waals surface area (Å²) in [6, 6.07) is 9.86. The molecule has 2 aromatic rings. The molecule has 2 amide bonds. The van der Waals surface area contributed by atoms with Gasteiger partial charge in [0.05, 0.1) is 6.04 Å². The molecule has 5 nitrogen and oxygen atoms in total. The Morgan fingerprint density at radius 3 is 2.84 bits per heavy atom. The Morgan fingerprint density at radius 2 is 2.00 bits per heavy atom. The first-order chi connectivity index (χ1) is 12.3. The molecule has 25 heavy (non-hydrogen) atoms. The number of rotatable bonds is 2. The predicted octanol–water partition coefficient (Wildman–Crippen LogP) is 4.67. The van der Waals surface area contributed by atoms with Crippen molar-refractivity contribution in [2.24, 2.45) is 0 Å². The highest BCUT2D eigenvalue weighted by molar-refractivity contribution is 7.10. The summed E-state index contributed by atoms with van der Waals surface area (Å²) in [6.45, 7) is 1.89. The molecule has 4 rings (SSSR count). The molecule has 1 aromatic heterocycles. The first kappa shape index (κ1) is 16.3. The number of fused-ring (bicyclic) bond motifs is 1. The lowest BCUT2D eigenvalue weighted by Crippen LogP contribution is -2.37. The summed E-state index contributed by atoms with van der Waals surface area (Å²) in [6.07, 6.45) is 4.41. The number of carbonyl (C=O) groups excluding carboxylic acids is 1. The van der Waals surface area contributed by atoms with Gasteiger partial charge in [-0.15, -0.1) is 11.3 Å². The third-order valence-corrected chi connectivity index (χ3v) is 5.65. The highest BCUT2D eigenvalue weighted by atomic mass is 32.1. The van der Waals surface area contributed by atoms with Crippen LogP contribution in [0.4, 0.5) is 10.5 Å². The van der Waals surface area contributed by atoms with Gasteiger partial charge >= 0.3 is 6.03 Å². The fourth-order valence-electron chi connectivity index (χ4n) is 3.44. The summed E-state index contributed by atoms with van der Waals surface area (Å²) in [4.78, 5) is 16.2. The molecule has 0 bridgehead atoms. The predicted molar refractivity (Wildman–Crippen MR) is 98.7 cm³/mol. The number of nitrogens with one attached hydrogen (secondary N) is 1. The van der Waals surface area contributed by atoms with E-state index in [9.17, 15) is 4.79 Å². The van der Waals surface area contributed by atoms with E-state index in [1.165, 1.54) is 11.3 Å². The third kappa shape index (κ3) is 3.58. The van der Waals surface area contributed by atoms with E-state index in [4.69, 9.17) is 9.47 Å². The van der Waals surface area contributed by atoms with Crippen molar-refractivity contribution in [3.05, 3.63) is 40.6 Å². The molecular formula is C19H22N2O3S. The van der Waals surface area contributed by atoms with E-state index in [-0.39, 0.29) is 12.1 Å². The van der Waals surface area contributed by atoms with Gasteiger partial charge in [0.2, 0.25) is 0 Å². The highest BCUT2D eigenvalue weighted by Crippen LogP contribution is 2.35. The fraction of sp³-hybridized carbons (Fsp3) is 0.421. The first-order valence-electron chi connectivity index (χ1n) is 8.82. The van der Waals surface area contributed by atoms with E-state index in [2.05, 4.69) is 22.8 Å². The van der Waals surface area contributed by atoms with Crippen LogP contribution in [-0.4, -0.2) is 30.7 Å². The number of amides is 2. The van der Waals surface area contributed by atoms with Crippen molar-refractivity contribution in [2.75, 3.05) is 25.1 Å². The van der Waals surface area contributed by atoms with Crippen LogP contribution in [0.1, 0.15) is 36.6 Å². The molecule has 1 saturated heterocycles. The summed E-state index contributed by atoms with van der Waals surface area (Å²) >= 11 is 1.73. The average molecular weight is 358 g/mol. The number of hydrogen-bond acceptors (Lipinski definition) is 4. The normalized spacial score (nSPS) is 20.0. The fourth-order valence-corrected chi connectivity index (χ4v) is 4.32. The van der Waals surface area contributed by atoms with E-state index in [1.807, 2.05) is 23.1 Å². The molecule has 0 saturated carbocycles. The number of carbonyl (C=O) groups is 1. The Kier molecular flexibility index (Phi) is 4.78. The molecule has 1 aromatic carbocycles. The van der Waals surface area contributed by atoms with Crippen molar-refractivity contribution in [1.29, 1.82) is 0 Å². The van der Waals surface area contributed by atoms with Gasteiger partial charge in [0.1, 0.15) is 13.2 Å². The van der Waals surface area contributed by atoms with Crippen LogP contribution in [-0.2, 0) is 0 Å². The largest absolute Gasteiger partial charge is 0.486 e. The minimum Gasteiger partial charge on any atom is -0.486 e. The van der Waals surface area contributed by atoms with Crippen LogP contribution in [0.15, 0.2) is 35.7 Å². The van der Waals surface area contributed by atoms with Crippen LogP contribution in [0.25, 0.3) is 0 Å². The number of likely N-dealkylation sites (tertiary alicyclic amines) is 1. The van der Waals surface area contributed by atoms with Crippen LogP contribution in [0.2, 0.25) is 0 Å². The number of anilines is 1. The minimum absolute atomic E-state index is 0.0445. The molecule has 1 N–H and O–H groups in total. The standard InChI is InChI=1S/C19H22N2O3S/c22-19(20-14-7-8-16-17(13-14)24-11-10-23-16)21-9-3-1-2-5-15(21)18-6-4-12-25-18/h4,6-8,12-13,15H,1-3,5,9-11H2,(H,20,22). The Bertz CT molecular complexity index is 732. The monoisotopic (exact) mass is 358 g/mol. The van der Waals surface area contributed by atoms with E-state index in [1.54, 1.807) is 11.3 Å². The van der Waals surface area contributed by atoms with Crippen LogP contribution >= 0.6 is 11.3 Å². The molecule has 1 unspecified atom stereocenters. The smallest absolute Gasteiger partial charge is 0.322 e. The summed E-state index contributed by atoms with van der Waals surface area (Å²) in [5.41, 5.74) is 0.739. The molecule has 1 fully saturated rings. The lowest BCUT2D eigenvalue weighted by atomic mass is 10.1. The topological polar surface area (TPSA) is 50.8 Å². The van der Waals surface area contributed by atoms with Crippen molar-refractivity contribution < 1.29 is 14.3 Å². The van der Waals surface area contributed by atoms with Crippen LogP contribution in [0.5, 0.6) is 11.5 Å². The summed E-state index contributed by atoms with van der Waals surface area (Å²) < 4.78 is 11.1. The van der Waals surface area contributed by atoms with Crippen molar-refractivity contribution in [2.45, 2.75) is 31.7 Å². The molecule has 6 heteroatoms. The first-order valence-corrected chi connectivity index (χ1v) is 9.70. The maximum atomic E-state index is 12.9. The van der Waals surface area contributed by atoms with Crippen molar-refractivity contribution >= 4 is 23.1 Å². The second-order valence-electron chi connectivity index (χ2n) is 6.36. The minimum atomic E-state index is -0.0445. The zero-order chi connectivity index (χ0) is 17.1. The summed E-state index contributed by atoms with van der Waals surface area (Å²) in [7, 11) is 0. The van der Waals surface area contributed by atoms with Gasteiger partial charge in [-0.25, -0.2) is 4.79 Å².